The minimum atomic E-state index is -0.653. The van der Waals surface area contributed by atoms with Crippen molar-refractivity contribution in [2.45, 2.75) is 51.6 Å². The van der Waals surface area contributed by atoms with Crippen LogP contribution in [0.3, 0.4) is 0 Å². The Morgan fingerprint density at radius 3 is 2.64 bits per heavy atom. The van der Waals surface area contributed by atoms with E-state index in [0.717, 1.165) is 71.2 Å². The van der Waals surface area contributed by atoms with E-state index < -0.39 is 22.7 Å². The fourth-order valence-corrected chi connectivity index (χ4v) is 6.58. The molecule has 7 rings (SSSR count). The van der Waals surface area contributed by atoms with Gasteiger partial charge in [0.2, 0.25) is 5.88 Å². The second kappa shape index (κ2) is 11.8. The van der Waals surface area contributed by atoms with Crippen LogP contribution < -0.4 is 37.6 Å². The predicted molar refractivity (Wildman–Crippen MR) is 175 cm³/mol. The molecule has 2 amide bonds. The third-order valence-corrected chi connectivity index (χ3v) is 9.05. The highest BCUT2D eigenvalue weighted by molar-refractivity contribution is 6.01. The van der Waals surface area contributed by atoms with Crippen molar-refractivity contribution in [2.24, 2.45) is 4.99 Å². The Hall–Kier alpha value is -5.85. The topological polar surface area (TPSA) is 181 Å². The maximum absolute atomic E-state index is 13.3. The number of fused-ring (bicyclic) bond motifs is 2. The van der Waals surface area contributed by atoms with Gasteiger partial charge < -0.3 is 26.1 Å². The van der Waals surface area contributed by atoms with Crippen LogP contribution in [0.1, 0.15) is 79.7 Å². The summed E-state index contributed by atoms with van der Waals surface area (Å²) < 4.78 is 0. The lowest BCUT2D eigenvalue weighted by Crippen LogP contribution is -2.41. The number of rotatable bonds is 7. The summed E-state index contributed by atoms with van der Waals surface area (Å²) >= 11 is 0. The molecule has 1 aliphatic carbocycles. The van der Waals surface area contributed by atoms with Gasteiger partial charge in [-0.1, -0.05) is 24.3 Å². The first-order valence-corrected chi connectivity index (χ1v) is 15.4. The number of hydroxylamine groups is 1. The SMILES string of the molecule is C=C1N=C(c2ccc3c(c2C)CC[C@@H]3NC(=O)c2cc(C(=O)NCc3ccc4c(c3)N(c3c(N)c(=O)c3=O)CCCC4)ncn2)NO1. The molecule has 1 aromatic heterocycles. The second-order valence-corrected chi connectivity index (χ2v) is 11.9. The van der Waals surface area contributed by atoms with E-state index in [1.54, 1.807) is 0 Å². The molecule has 3 aromatic carbocycles. The third kappa shape index (κ3) is 5.39. The lowest BCUT2D eigenvalue weighted by atomic mass is 9.97. The van der Waals surface area contributed by atoms with Gasteiger partial charge in [0.05, 0.1) is 6.04 Å². The molecule has 13 heteroatoms. The molecule has 0 spiro atoms. The first kappa shape index (κ1) is 29.8. The Labute approximate surface area is 269 Å². The average molecular weight is 633 g/mol. The van der Waals surface area contributed by atoms with Gasteiger partial charge in [0.25, 0.3) is 22.7 Å². The van der Waals surface area contributed by atoms with E-state index in [4.69, 9.17) is 10.6 Å². The summed E-state index contributed by atoms with van der Waals surface area (Å²) in [7, 11) is 0. The number of carbonyl (C=O) groups is 2. The molecule has 238 valence electrons. The summed E-state index contributed by atoms with van der Waals surface area (Å²) in [6.45, 7) is 6.46. The summed E-state index contributed by atoms with van der Waals surface area (Å²) in [5.74, 6) is 0.0275. The molecule has 0 bridgehead atoms. The second-order valence-electron chi connectivity index (χ2n) is 11.9. The van der Waals surface area contributed by atoms with E-state index >= 15 is 0 Å². The van der Waals surface area contributed by atoms with Gasteiger partial charge >= 0.3 is 0 Å². The van der Waals surface area contributed by atoms with Gasteiger partial charge in [-0.05, 0) is 79.5 Å². The average Bonchev–Trinajstić information content (AvgIpc) is 3.65. The number of hydrogen-bond donors (Lipinski definition) is 4. The number of anilines is 3. The number of nitrogens with one attached hydrogen (secondary N) is 3. The minimum Gasteiger partial charge on any atom is -0.394 e. The highest BCUT2D eigenvalue weighted by Gasteiger charge is 2.30. The van der Waals surface area contributed by atoms with E-state index in [0.29, 0.717) is 18.3 Å². The monoisotopic (exact) mass is 632 g/mol. The molecule has 2 aliphatic heterocycles. The third-order valence-electron chi connectivity index (χ3n) is 9.05. The maximum Gasteiger partial charge on any atom is 0.270 e. The van der Waals surface area contributed by atoms with Crippen LogP contribution >= 0.6 is 0 Å². The number of nitrogens with two attached hydrogens (primary N) is 1. The van der Waals surface area contributed by atoms with Crippen molar-refractivity contribution >= 4 is 34.7 Å². The molecule has 4 aromatic rings. The van der Waals surface area contributed by atoms with Crippen LogP contribution in [0.4, 0.5) is 17.1 Å². The van der Waals surface area contributed by atoms with Gasteiger partial charge in [0.15, 0.2) is 5.84 Å². The van der Waals surface area contributed by atoms with Gasteiger partial charge in [0.1, 0.15) is 29.1 Å². The van der Waals surface area contributed by atoms with Crippen molar-refractivity contribution in [1.29, 1.82) is 0 Å². The number of benzene rings is 2. The van der Waals surface area contributed by atoms with Gasteiger partial charge in [0, 0.05) is 30.4 Å². The maximum atomic E-state index is 13.3. The fourth-order valence-electron chi connectivity index (χ4n) is 6.58. The van der Waals surface area contributed by atoms with Gasteiger partial charge in [-0.3, -0.25) is 19.2 Å². The molecule has 1 atom stereocenters. The van der Waals surface area contributed by atoms with Crippen molar-refractivity contribution in [2.75, 3.05) is 17.2 Å². The van der Waals surface area contributed by atoms with Crippen molar-refractivity contribution in [1.82, 2.24) is 26.1 Å². The van der Waals surface area contributed by atoms with Crippen LogP contribution in [0, 0.1) is 6.92 Å². The van der Waals surface area contributed by atoms with Crippen molar-refractivity contribution in [3.63, 3.8) is 0 Å². The zero-order chi connectivity index (χ0) is 32.8. The first-order valence-electron chi connectivity index (χ1n) is 15.4. The molecule has 0 fully saturated rings. The number of amides is 2. The number of aryl methyl sites for hydroxylation is 1. The molecule has 3 aliphatic rings. The summed E-state index contributed by atoms with van der Waals surface area (Å²) in [5.41, 5.74) is 14.6. The van der Waals surface area contributed by atoms with Gasteiger partial charge in [-0.25, -0.2) is 15.4 Å². The lowest BCUT2D eigenvalue weighted by molar-refractivity contribution is 0.0931. The molecule has 0 saturated heterocycles. The van der Waals surface area contributed by atoms with Crippen LogP contribution in [0.2, 0.25) is 0 Å². The zero-order valence-corrected chi connectivity index (χ0v) is 25.7. The molecule has 0 saturated carbocycles. The van der Waals surface area contributed by atoms with Gasteiger partial charge in [-0.2, -0.15) is 4.99 Å². The molecule has 0 radical (unpaired) electrons. The van der Waals surface area contributed by atoms with E-state index in [2.05, 4.69) is 37.7 Å². The quantitative estimate of drug-likeness (QED) is 0.221. The number of aliphatic imine (C=N–C) groups is 1. The highest BCUT2D eigenvalue weighted by Crippen LogP contribution is 2.36. The van der Waals surface area contributed by atoms with Crippen molar-refractivity contribution < 1.29 is 14.4 Å². The van der Waals surface area contributed by atoms with E-state index in [1.165, 1.54) is 12.4 Å². The van der Waals surface area contributed by atoms with E-state index in [1.807, 2.05) is 42.2 Å². The number of nitrogen functional groups attached to an aromatic ring is 1. The molecular weight excluding hydrogens is 600 g/mol. The zero-order valence-electron chi connectivity index (χ0n) is 25.7. The van der Waals surface area contributed by atoms with E-state index in [-0.39, 0.29) is 35.3 Å². The number of nitrogens with zero attached hydrogens (tertiary/aromatic N) is 4. The van der Waals surface area contributed by atoms with Crippen LogP contribution in [-0.2, 0) is 24.2 Å². The summed E-state index contributed by atoms with van der Waals surface area (Å²) in [5, 5.41) is 5.91. The van der Waals surface area contributed by atoms with Gasteiger partial charge in [-0.15, -0.1) is 0 Å². The molecule has 0 unspecified atom stereocenters. The lowest BCUT2D eigenvalue weighted by Gasteiger charge is -2.27. The Balaban J connectivity index is 1.02. The Bertz CT molecular complexity index is 2080. The molecule has 3 heterocycles. The fraction of sp³-hybridized carbons (Fsp3) is 0.265. The Morgan fingerprint density at radius 1 is 1.06 bits per heavy atom. The minimum absolute atomic E-state index is 0.0127. The normalized spacial score (nSPS) is 16.9. The molecular formula is C34H32N8O5. The molecule has 13 nitrogen and oxygen atoms in total. The van der Waals surface area contributed by atoms with Crippen LogP contribution in [0.15, 0.2) is 69.8 Å². The Morgan fingerprint density at radius 2 is 1.87 bits per heavy atom. The molecule has 5 N–H and O–H groups in total. The van der Waals surface area contributed by atoms with Crippen LogP contribution in [0.25, 0.3) is 0 Å². The smallest absolute Gasteiger partial charge is 0.270 e. The van der Waals surface area contributed by atoms with Crippen LogP contribution in [0.5, 0.6) is 0 Å². The summed E-state index contributed by atoms with van der Waals surface area (Å²) in [4.78, 5) is 70.0. The van der Waals surface area contributed by atoms with Crippen molar-refractivity contribution in [3.8, 4) is 0 Å². The highest BCUT2D eigenvalue weighted by atomic mass is 16.7. The Kier molecular flexibility index (Phi) is 7.51. The van der Waals surface area contributed by atoms with Crippen molar-refractivity contribution in [3.05, 3.63) is 120 Å². The standard InChI is InChI=1S/C34H32N8O5/c1-17-21-10-11-24(23(21)9-8-22(17)32-39-18(2)47-41-32)40-34(46)26-14-25(37-16-38-26)33(45)36-15-19-6-7-20-5-3-4-12-42(27(20)13-19)29-28(35)30(43)31(29)44/h6-9,13-14,16,24H,2-5,10-12,15,35H2,1H3,(H,36,45)(H,39,41)(H,40,46)/t24-/m0/s1. The largest absolute Gasteiger partial charge is 0.394 e. The predicted octanol–water partition coefficient (Wildman–Crippen LogP) is 2.54. The number of carbonyl (C=O) groups excluding carboxylic acids is 2. The number of hydrogen-bond acceptors (Lipinski definition) is 11. The number of aromatic nitrogens is 2. The van der Waals surface area contributed by atoms with E-state index in [9.17, 15) is 19.2 Å². The summed E-state index contributed by atoms with van der Waals surface area (Å²) in [6.07, 6.45) is 5.31. The molecule has 47 heavy (non-hydrogen) atoms. The summed E-state index contributed by atoms with van der Waals surface area (Å²) in [6, 6.07) is 10.9. The van der Waals surface area contributed by atoms with Crippen LogP contribution in [-0.4, -0.2) is 34.2 Å². The first-order chi connectivity index (χ1) is 22.7. The number of amidine groups is 1.